The molecule has 2 rings (SSSR count). The molecule has 0 aromatic carbocycles. The summed E-state index contributed by atoms with van der Waals surface area (Å²) in [6.07, 6.45) is 2.80. The Balaban J connectivity index is 2.07. The van der Waals surface area contributed by atoms with E-state index in [1.54, 1.807) is 0 Å². The fourth-order valence-corrected chi connectivity index (χ4v) is 2.20. The molecule has 2 aromatic heterocycles. The van der Waals surface area contributed by atoms with E-state index in [0.29, 0.717) is 10.5 Å². The third-order valence-corrected chi connectivity index (χ3v) is 3.26. The van der Waals surface area contributed by atoms with Gasteiger partial charge in [-0.1, -0.05) is 24.3 Å². The van der Waals surface area contributed by atoms with Gasteiger partial charge in [-0.25, -0.2) is 0 Å². The summed E-state index contributed by atoms with van der Waals surface area (Å²) in [6.45, 7) is 2.80. The third-order valence-electron chi connectivity index (χ3n) is 2.21. The van der Waals surface area contributed by atoms with E-state index in [-0.39, 0.29) is 0 Å². The smallest absolute Gasteiger partial charge is 0.204 e. The molecule has 0 amide bonds. The Morgan fingerprint density at radius 1 is 1.56 bits per heavy atom. The number of aromatic nitrogens is 3. The van der Waals surface area contributed by atoms with E-state index in [1.807, 2.05) is 12.3 Å². The molecule has 0 radical (unpaired) electrons. The molecule has 0 saturated heterocycles. The fourth-order valence-electron chi connectivity index (χ4n) is 1.42. The highest BCUT2D eigenvalue weighted by Gasteiger charge is 2.02. The Kier molecular flexibility index (Phi) is 3.63. The molecule has 0 unspecified atom stereocenters. The number of nitrogens with one attached hydrogen (secondary N) is 2. The van der Waals surface area contributed by atoms with E-state index in [0.717, 1.165) is 17.2 Å². The van der Waals surface area contributed by atoms with Crippen LogP contribution in [0.15, 0.2) is 18.3 Å². The molecule has 2 heterocycles. The van der Waals surface area contributed by atoms with E-state index >= 15 is 0 Å². The van der Waals surface area contributed by atoms with Gasteiger partial charge in [-0.15, -0.1) is 5.10 Å². The fraction of sp³-hybridized carbons (Fsp3) is 0.300. The van der Waals surface area contributed by atoms with Gasteiger partial charge in [0.25, 0.3) is 0 Å². The van der Waals surface area contributed by atoms with Crippen LogP contribution >= 0.6 is 23.6 Å². The van der Waals surface area contributed by atoms with Crippen molar-refractivity contribution in [3.63, 3.8) is 0 Å². The molecular formula is C10H12N4S2. The summed E-state index contributed by atoms with van der Waals surface area (Å²) < 4.78 is 0.680. The van der Waals surface area contributed by atoms with E-state index in [9.17, 15) is 0 Å². The summed E-state index contributed by atoms with van der Waals surface area (Å²) in [4.78, 5) is 4.35. The molecular weight excluding hydrogens is 240 g/mol. The number of hydrogen-bond donors (Lipinski definition) is 2. The van der Waals surface area contributed by atoms with E-state index in [1.165, 1.54) is 16.9 Å². The Morgan fingerprint density at radius 2 is 2.44 bits per heavy atom. The highest BCUT2D eigenvalue weighted by molar-refractivity contribution is 7.73. The van der Waals surface area contributed by atoms with Gasteiger partial charge in [0.05, 0.1) is 12.2 Å². The van der Waals surface area contributed by atoms with Crippen LogP contribution in [-0.4, -0.2) is 15.2 Å². The zero-order chi connectivity index (χ0) is 11.4. The molecule has 0 saturated carbocycles. The molecule has 0 aliphatic rings. The number of rotatable bonds is 4. The van der Waals surface area contributed by atoms with Gasteiger partial charge in [-0.3, -0.25) is 10.1 Å². The van der Waals surface area contributed by atoms with Gasteiger partial charge < -0.3 is 5.32 Å². The maximum atomic E-state index is 4.96. The van der Waals surface area contributed by atoms with E-state index < -0.39 is 0 Å². The molecule has 0 fully saturated rings. The topological polar surface area (TPSA) is 53.6 Å². The second kappa shape index (κ2) is 5.18. The van der Waals surface area contributed by atoms with Crippen LogP contribution in [0, 0.1) is 3.95 Å². The van der Waals surface area contributed by atoms with E-state index in [2.05, 4.69) is 33.5 Å². The molecule has 0 aliphatic heterocycles. The number of hydrogen-bond acceptors (Lipinski definition) is 5. The first kappa shape index (κ1) is 11.2. The number of nitrogens with zero attached hydrogens (tertiary/aromatic N) is 2. The maximum Gasteiger partial charge on any atom is 0.204 e. The van der Waals surface area contributed by atoms with Crippen LogP contribution in [0.4, 0.5) is 5.13 Å². The maximum absolute atomic E-state index is 4.96. The Morgan fingerprint density at radius 3 is 3.12 bits per heavy atom. The molecule has 6 heteroatoms. The number of aryl methyl sites for hydroxylation is 1. The minimum Gasteiger partial charge on any atom is -0.354 e. The van der Waals surface area contributed by atoms with Gasteiger partial charge in [0.15, 0.2) is 3.95 Å². The first-order valence-electron chi connectivity index (χ1n) is 5.01. The molecule has 0 atom stereocenters. The molecule has 16 heavy (non-hydrogen) atoms. The Bertz CT molecular complexity index is 517. The second-order valence-corrected chi connectivity index (χ2v) is 4.90. The van der Waals surface area contributed by atoms with E-state index in [4.69, 9.17) is 12.2 Å². The van der Waals surface area contributed by atoms with Gasteiger partial charge in [0, 0.05) is 6.20 Å². The minimum absolute atomic E-state index is 0.680. The monoisotopic (exact) mass is 252 g/mol. The second-order valence-electron chi connectivity index (χ2n) is 3.23. The number of anilines is 1. The first-order chi connectivity index (χ1) is 7.79. The van der Waals surface area contributed by atoms with Crippen LogP contribution in [0.25, 0.3) is 0 Å². The third kappa shape index (κ3) is 2.65. The highest BCUT2D eigenvalue weighted by atomic mass is 32.1. The standard InChI is InChI=1S/C10H12N4S2/c1-2-7-4-3-5-11-8(7)6-12-9-13-14-10(15)16-9/h3-5H,2,6H2,1H3,(H,12,13)(H,14,15). The van der Waals surface area contributed by atoms with Gasteiger partial charge in [-0.2, -0.15) is 0 Å². The predicted octanol–water partition coefficient (Wildman–Crippen LogP) is 2.77. The van der Waals surface area contributed by atoms with Crippen molar-refractivity contribution >= 4 is 28.7 Å². The minimum atomic E-state index is 0.680. The summed E-state index contributed by atoms with van der Waals surface area (Å²) >= 11 is 6.39. The average Bonchev–Trinajstić information content (AvgIpc) is 2.73. The number of H-pyrrole nitrogens is 1. The quantitative estimate of drug-likeness (QED) is 0.822. The normalized spacial score (nSPS) is 10.3. The van der Waals surface area contributed by atoms with Crippen LogP contribution < -0.4 is 5.32 Å². The van der Waals surface area contributed by atoms with Crippen LogP contribution in [0.5, 0.6) is 0 Å². The lowest BCUT2D eigenvalue weighted by Crippen LogP contribution is -2.04. The average molecular weight is 252 g/mol. The van der Waals surface area contributed by atoms with Crippen molar-refractivity contribution < 1.29 is 0 Å². The van der Waals surface area contributed by atoms with Gasteiger partial charge >= 0.3 is 0 Å². The first-order valence-corrected chi connectivity index (χ1v) is 6.24. The predicted molar refractivity (Wildman–Crippen MR) is 68.2 cm³/mol. The van der Waals surface area contributed by atoms with Crippen molar-refractivity contribution in [2.24, 2.45) is 0 Å². The van der Waals surface area contributed by atoms with Crippen LogP contribution in [0.3, 0.4) is 0 Å². The van der Waals surface area contributed by atoms with Crippen LogP contribution in [-0.2, 0) is 13.0 Å². The lowest BCUT2D eigenvalue weighted by atomic mass is 10.1. The summed E-state index contributed by atoms with van der Waals surface area (Å²) in [5, 5.41) is 10.8. The lowest BCUT2D eigenvalue weighted by Gasteiger charge is -2.06. The summed E-state index contributed by atoms with van der Waals surface area (Å²) in [5.41, 5.74) is 2.32. The van der Waals surface area contributed by atoms with Crippen molar-refractivity contribution in [1.29, 1.82) is 0 Å². The molecule has 0 aliphatic carbocycles. The Hall–Kier alpha value is -1.27. The zero-order valence-electron chi connectivity index (χ0n) is 8.86. The summed E-state index contributed by atoms with van der Waals surface area (Å²) in [7, 11) is 0. The summed E-state index contributed by atoms with van der Waals surface area (Å²) in [5.74, 6) is 0. The Labute approximate surface area is 103 Å². The van der Waals surface area contributed by atoms with Gasteiger partial charge in [-0.05, 0) is 30.3 Å². The van der Waals surface area contributed by atoms with Gasteiger partial charge in [0.2, 0.25) is 5.13 Å². The molecule has 0 bridgehead atoms. The molecule has 0 spiro atoms. The van der Waals surface area contributed by atoms with Crippen LogP contribution in [0.2, 0.25) is 0 Å². The van der Waals surface area contributed by atoms with Crippen molar-refractivity contribution in [1.82, 2.24) is 15.2 Å². The van der Waals surface area contributed by atoms with Crippen LogP contribution in [0.1, 0.15) is 18.2 Å². The zero-order valence-corrected chi connectivity index (χ0v) is 10.5. The molecule has 2 N–H and O–H groups in total. The highest BCUT2D eigenvalue weighted by Crippen LogP contribution is 2.13. The van der Waals surface area contributed by atoms with Crippen molar-refractivity contribution in [3.05, 3.63) is 33.5 Å². The van der Waals surface area contributed by atoms with Crippen molar-refractivity contribution in [2.75, 3.05) is 5.32 Å². The van der Waals surface area contributed by atoms with Crippen molar-refractivity contribution in [3.8, 4) is 0 Å². The molecule has 4 nitrogen and oxygen atoms in total. The molecule has 84 valence electrons. The summed E-state index contributed by atoms with van der Waals surface area (Å²) in [6, 6.07) is 4.05. The number of aromatic amines is 1. The lowest BCUT2D eigenvalue weighted by molar-refractivity contribution is 0.959. The largest absolute Gasteiger partial charge is 0.354 e. The van der Waals surface area contributed by atoms with Gasteiger partial charge in [0.1, 0.15) is 0 Å². The molecule has 2 aromatic rings. The van der Waals surface area contributed by atoms with Crippen molar-refractivity contribution in [2.45, 2.75) is 19.9 Å². The SMILES string of the molecule is CCc1cccnc1CNc1n[nH]c(=S)s1. The number of pyridine rings is 1.